The number of benzene rings is 1. The van der Waals surface area contributed by atoms with Gasteiger partial charge in [0.05, 0.1) is 0 Å². The van der Waals surface area contributed by atoms with Crippen LogP contribution in [0.4, 0.5) is 4.79 Å². The lowest BCUT2D eigenvalue weighted by Gasteiger charge is -2.32. The smallest absolute Gasteiger partial charge is 0.315 e. The number of carbonyl (C=O) groups excluding carboxylic acids is 2. The van der Waals surface area contributed by atoms with Gasteiger partial charge in [-0.15, -0.1) is 0 Å². The molecule has 0 saturated carbocycles. The van der Waals surface area contributed by atoms with E-state index in [2.05, 4.69) is 31.4 Å². The van der Waals surface area contributed by atoms with Crippen molar-refractivity contribution >= 4 is 11.9 Å². The van der Waals surface area contributed by atoms with Crippen molar-refractivity contribution in [3.8, 4) is 5.75 Å². The molecule has 1 aliphatic rings. The summed E-state index contributed by atoms with van der Waals surface area (Å²) in [5.74, 6) is 0.683. The summed E-state index contributed by atoms with van der Waals surface area (Å²) < 4.78 is 5.51. The Bertz CT molecular complexity index is 561. The van der Waals surface area contributed by atoms with Crippen LogP contribution < -0.4 is 15.4 Å². The molecule has 138 valence electrons. The molecule has 2 N–H and O–H groups in total. The van der Waals surface area contributed by atoms with Crippen LogP contribution in [0, 0.1) is 5.41 Å². The third kappa shape index (κ3) is 7.03. The first-order chi connectivity index (χ1) is 11.8. The SMILES string of the molecule is CC(C)(C)CNC(=O)NC1CCN(C(=O)COc2ccccc2)CC1. The fourth-order valence-electron chi connectivity index (χ4n) is 2.61. The van der Waals surface area contributed by atoms with E-state index in [0.717, 1.165) is 12.8 Å². The van der Waals surface area contributed by atoms with Gasteiger partial charge >= 0.3 is 6.03 Å². The third-order valence-corrected chi connectivity index (χ3v) is 4.07. The number of hydrogen-bond donors (Lipinski definition) is 2. The lowest BCUT2D eigenvalue weighted by molar-refractivity contribution is -0.134. The van der Waals surface area contributed by atoms with E-state index in [9.17, 15) is 9.59 Å². The van der Waals surface area contributed by atoms with Gasteiger partial charge < -0.3 is 20.3 Å². The fourth-order valence-corrected chi connectivity index (χ4v) is 2.61. The number of likely N-dealkylation sites (tertiary alicyclic amines) is 1. The summed E-state index contributed by atoms with van der Waals surface area (Å²) in [7, 11) is 0. The Labute approximate surface area is 149 Å². The van der Waals surface area contributed by atoms with E-state index in [4.69, 9.17) is 4.74 Å². The van der Waals surface area contributed by atoms with Gasteiger partial charge in [0, 0.05) is 25.7 Å². The van der Waals surface area contributed by atoms with Crippen LogP contribution in [0.5, 0.6) is 5.75 Å². The van der Waals surface area contributed by atoms with Crippen molar-refractivity contribution in [2.45, 2.75) is 39.7 Å². The Morgan fingerprint density at radius 1 is 1.16 bits per heavy atom. The molecular formula is C19H29N3O3. The second kappa shape index (κ2) is 8.74. The lowest BCUT2D eigenvalue weighted by atomic mass is 9.97. The first kappa shape index (κ1) is 19.1. The molecule has 0 bridgehead atoms. The zero-order valence-electron chi connectivity index (χ0n) is 15.4. The summed E-state index contributed by atoms with van der Waals surface area (Å²) in [6.45, 7) is 8.20. The van der Waals surface area contributed by atoms with Crippen molar-refractivity contribution in [3.05, 3.63) is 30.3 Å². The van der Waals surface area contributed by atoms with Crippen LogP contribution in [0.15, 0.2) is 30.3 Å². The highest BCUT2D eigenvalue weighted by molar-refractivity contribution is 5.78. The van der Waals surface area contributed by atoms with Crippen LogP contribution in [0.2, 0.25) is 0 Å². The maximum Gasteiger partial charge on any atom is 0.315 e. The minimum Gasteiger partial charge on any atom is -0.484 e. The summed E-state index contributed by atoms with van der Waals surface area (Å²) in [5.41, 5.74) is 0.0614. The van der Waals surface area contributed by atoms with E-state index >= 15 is 0 Å². The summed E-state index contributed by atoms with van der Waals surface area (Å²) in [6, 6.07) is 9.30. The second-order valence-corrected chi connectivity index (χ2v) is 7.64. The molecule has 6 heteroatoms. The van der Waals surface area contributed by atoms with Crippen molar-refractivity contribution in [3.63, 3.8) is 0 Å². The van der Waals surface area contributed by atoms with E-state index in [0.29, 0.717) is 25.4 Å². The molecule has 1 heterocycles. The molecule has 2 rings (SSSR count). The van der Waals surface area contributed by atoms with E-state index in [1.165, 1.54) is 0 Å². The topological polar surface area (TPSA) is 70.7 Å². The molecule has 0 unspecified atom stereocenters. The van der Waals surface area contributed by atoms with Crippen LogP contribution in [-0.2, 0) is 4.79 Å². The van der Waals surface area contributed by atoms with E-state index < -0.39 is 0 Å². The average Bonchev–Trinajstić information content (AvgIpc) is 2.59. The Morgan fingerprint density at radius 2 is 1.80 bits per heavy atom. The largest absolute Gasteiger partial charge is 0.484 e. The van der Waals surface area contributed by atoms with Gasteiger partial charge in [-0.3, -0.25) is 4.79 Å². The molecule has 1 aromatic rings. The van der Waals surface area contributed by atoms with Crippen molar-refractivity contribution in [1.82, 2.24) is 15.5 Å². The Morgan fingerprint density at radius 3 is 2.40 bits per heavy atom. The highest BCUT2D eigenvalue weighted by Crippen LogP contribution is 2.13. The molecule has 1 aliphatic heterocycles. The number of para-hydroxylation sites is 1. The van der Waals surface area contributed by atoms with Crippen LogP contribution in [-0.4, -0.2) is 49.1 Å². The minimum absolute atomic E-state index is 0.0144. The van der Waals surface area contributed by atoms with Crippen LogP contribution in [0.25, 0.3) is 0 Å². The van der Waals surface area contributed by atoms with Gasteiger partial charge in [0.2, 0.25) is 0 Å². The molecule has 25 heavy (non-hydrogen) atoms. The Balaban J connectivity index is 1.67. The molecule has 6 nitrogen and oxygen atoms in total. The second-order valence-electron chi connectivity index (χ2n) is 7.64. The van der Waals surface area contributed by atoms with Crippen molar-refractivity contribution in [1.29, 1.82) is 0 Å². The minimum atomic E-state index is -0.132. The number of urea groups is 1. The molecule has 3 amide bonds. The molecule has 0 aromatic heterocycles. The third-order valence-electron chi connectivity index (χ3n) is 4.07. The Hall–Kier alpha value is -2.24. The fraction of sp³-hybridized carbons (Fsp3) is 0.579. The predicted molar refractivity (Wildman–Crippen MR) is 97.5 cm³/mol. The monoisotopic (exact) mass is 347 g/mol. The molecule has 1 fully saturated rings. The quantitative estimate of drug-likeness (QED) is 0.859. The number of carbonyl (C=O) groups is 2. The zero-order valence-corrected chi connectivity index (χ0v) is 15.4. The molecule has 1 aromatic carbocycles. The number of nitrogens with one attached hydrogen (secondary N) is 2. The summed E-state index contributed by atoms with van der Waals surface area (Å²) in [5, 5.41) is 5.88. The lowest BCUT2D eigenvalue weighted by Crippen LogP contribution is -2.50. The summed E-state index contributed by atoms with van der Waals surface area (Å²) in [6.07, 6.45) is 1.53. The van der Waals surface area contributed by atoms with Crippen LogP contribution >= 0.6 is 0 Å². The van der Waals surface area contributed by atoms with Gasteiger partial charge in [-0.05, 0) is 30.4 Å². The summed E-state index contributed by atoms with van der Waals surface area (Å²) >= 11 is 0. The number of piperidine rings is 1. The molecule has 0 radical (unpaired) electrons. The highest BCUT2D eigenvalue weighted by Gasteiger charge is 2.24. The Kier molecular flexibility index (Phi) is 6.67. The zero-order chi connectivity index (χ0) is 18.3. The number of amides is 3. The maximum absolute atomic E-state index is 12.2. The van der Waals surface area contributed by atoms with E-state index in [1.54, 1.807) is 4.90 Å². The highest BCUT2D eigenvalue weighted by atomic mass is 16.5. The van der Waals surface area contributed by atoms with Gasteiger partial charge in [0.15, 0.2) is 6.61 Å². The molecular weight excluding hydrogens is 318 g/mol. The maximum atomic E-state index is 12.2. The summed E-state index contributed by atoms with van der Waals surface area (Å²) in [4.78, 5) is 25.9. The number of rotatable bonds is 5. The van der Waals surface area contributed by atoms with E-state index in [1.807, 2.05) is 30.3 Å². The molecule has 0 aliphatic carbocycles. The first-order valence-corrected chi connectivity index (χ1v) is 8.83. The van der Waals surface area contributed by atoms with Gasteiger partial charge in [0.25, 0.3) is 5.91 Å². The van der Waals surface area contributed by atoms with Crippen molar-refractivity contribution < 1.29 is 14.3 Å². The van der Waals surface area contributed by atoms with Gasteiger partial charge in [0.1, 0.15) is 5.75 Å². The number of hydrogen-bond acceptors (Lipinski definition) is 3. The van der Waals surface area contributed by atoms with Gasteiger partial charge in [-0.2, -0.15) is 0 Å². The van der Waals surface area contributed by atoms with Gasteiger partial charge in [-0.25, -0.2) is 4.79 Å². The first-order valence-electron chi connectivity index (χ1n) is 8.83. The van der Waals surface area contributed by atoms with Crippen LogP contribution in [0.3, 0.4) is 0 Å². The van der Waals surface area contributed by atoms with Crippen molar-refractivity contribution in [2.75, 3.05) is 26.2 Å². The predicted octanol–water partition coefficient (Wildman–Crippen LogP) is 2.40. The van der Waals surface area contributed by atoms with E-state index in [-0.39, 0.29) is 30.0 Å². The number of ether oxygens (including phenoxy) is 1. The normalized spacial score (nSPS) is 15.6. The molecule has 0 spiro atoms. The number of nitrogens with zero attached hydrogens (tertiary/aromatic N) is 1. The molecule has 1 saturated heterocycles. The average molecular weight is 347 g/mol. The molecule has 0 atom stereocenters. The standard InChI is InChI=1S/C19H29N3O3/c1-19(2,3)14-20-18(24)21-15-9-11-22(12-10-15)17(23)13-25-16-7-5-4-6-8-16/h4-8,15H,9-14H2,1-3H3,(H2,20,21,24). The van der Waals surface area contributed by atoms with Crippen LogP contribution in [0.1, 0.15) is 33.6 Å². The van der Waals surface area contributed by atoms with Gasteiger partial charge in [-0.1, -0.05) is 39.0 Å². The van der Waals surface area contributed by atoms with Crippen molar-refractivity contribution in [2.24, 2.45) is 5.41 Å².